The molecule has 2 aromatic carbocycles. The number of nitrogens with one attached hydrogen (secondary N) is 1. The number of primary amides is 1. The largest absolute Gasteiger partial charge is 0.494 e. The van der Waals surface area contributed by atoms with Crippen molar-refractivity contribution >= 4 is 60.7 Å². The molecule has 0 aliphatic heterocycles. The van der Waals surface area contributed by atoms with Crippen LogP contribution in [0.1, 0.15) is 10.4 Å². The van der Waals surface area contributed by atoms with Crippen LogP contribution >= 0.6 is 39.1 Å². The Hall–Kier alpha value is -1.48. The van der Waals surface area contributed by atoms with Gasteiger partial charge in [-0.25, -0.2) is 8.42 Å². The highest BCUT2D eigenvalue weighted by Crippen LogP contribution is 2.37. The average Bonchev–Trinajstić information content (AvgIpc) is 2.48. The van der Waals surface area contributed by atoms with Crippen molar-refractivity contribution in [2.75, 3.05) is 11.8 Å². The molecule has 6 nitrogen and oxygen atoms in total. The number of rotatable bonds is 5. The normalized spacial score (nSPS) is 11.2. The van der Waals surface area contributed by atoms with Crippen molar-refractivity contribution in [3.8, 4) is 5.75 Å². The minimum atomic E-state index is -4.09. The number of hydrogen-bond acceptors (Lipinski definition) is 4. The highest BCUT2D eigenvalue weighted by molar-refractivity contribution is 9.10. The van der Waals surface area contributed by atoms with Crippen LogP contribution in [0.4, 0.5) is 5.69 Å². The molecule has 0 saturated heterocycles. The van der Waals surface area contributed by atoms with Crippen molar-refractivity contribution in [3.63, 3.8) is 0 Å². The van der Waals surface area contributed by atoms with E-state index in [-0.39, 0.29) is 31.9 Å². The lowest BCUT2D eigenvalue weighted by Crippen LogP contribution is -2.16. The predicted octanol–water partition coefficient (Wildman–Crippen LogP) is 3.66. The van der Waals surface area contributed by atoms with Crippen LogP contribution in [0.25, 0.3) is 0 Å². The summed E-state index contributed by atoms with van der Waals surface area (Å²) < 4.78 is 33.1. The maximum atomic E-state index is 12.7. The smallest absolute Gasteiger partial charge is 0.265 e. The van der Waals surface area contributed by atoms with E-state index >= 15 is 0 Å². The van der Waals surface area contributed by atoms with Crippen LogP contribution in [-0.4, -0.2) is 21.4 Å². The summed E-state index contributed by atoms with van der Waals surface area (Å²) in [5, 5.41) is 0.295. The molecule has 0 aromatic heterocycles. The zero-order valence-electron chi connectivity index (χ0n) is 12.1. The number of sulfonamides is 1. The molecule has 1 amide bonds. The molecule has 0 radical (unpaired) electrons. The van der Waals surface area contributed by atoms with E-state index in [1.807, 2.05) is 0 Å². The second kappa shape index (κ2) is 7.18. The van der Waals surface area contributed by atoms with E-state index in [0.29, 0.717) is 4.47 Å². The number of methoxy groups -OCH3 is 1. The van der Waals surface area contributed by atoms with Crippen molar-refractivity contribution in [1.29, 1.82) is 0 Å². The highest BCUT2D eigenvalue weighted by Gasteiger charge is 2.24. The number of ether oxygens (including phenoxy) is 1. The van der Waals surface area contributed by atoms with Crippen molar-refractivity contribution in [2.24, 2.45) is 5.73 Å². The first kappa shape index (κ1) is 18.9. The summed E-state index contributed by atoms with van der Waals surface area (Å²) in [5.41, 5.74) is 5.30. The summed E-state index contributed by atoms with van der Waals surface area (Å²) in [5.74, 6) is -0.635. The topological polar surface area (TPSA) is 98.5 Å². The number of anilines is 1. The van der Waals surface area contributed by atoms with Gasteiger partial charge in [-0.3, -0.25) is 9.52 Å². The second-order valence-electron chi connectivity index (χ2n) is 4.58. The Bertz CT molecular complexity index is 919. The van der Waals surface area contributed by atoms with Crippen molar-refractivity contribution < 1.29 is 17.9 Å². The molecule has 24 heavy (non-hydrogen) atoms. The van der Waals surface area contributed by atoms with Crippen LogP contribution in [0.3, 0.4) is 0 Å². The van der Waals surface area contributed by atoms with Crippen molar-refractivity contribution in [3.05, 3.63) is 50.4 Å². The minimum Gasteiger partial charge on any atom is -0.494 e. The Morgan fingerprint density at radius 2 is 1.92 bits per heavy atom. The van der Waals surface area contributed by atoms with Gasteiger partial charge in [-0.15, -0.1) is 0 Å². The summed E-state index contributed by atoms with van der Waals surface area (Å²) in [6.45, 7) is 0. The molecule has 0 spiro atoms. The molecule has 10 heteroatoms. The number of hydrogen-bond donors (Lipinski definition) is 2. The standard InChI is InChI=1S/C14H11BrCl2N2O4S/c1-23-13-9(15)5-8(16)6-12(13)24(21,22)19-11-4-7(14(18)20)2-3-10(11)17/h2-6,19H,1H3,(H2,18,20). The minimum absolute atomic E-state index is 0.00566. The molecular formula is C14H11BrCl2N2O4S. The zero-order valence-corrected chi connectivity index (χ0v) is 16.1. The van der Waals surface area contributed by atoms with E-state index in [9.17, 15) is 13.2 Å². The molecule has 3 N–H and O–H groups in total. The molecule has 0 bridgehead atoms. The van der Waals surface area contributed by atoms with E-state index in [2.05, 4.69) is 20.7 Å². The third-order valence-corrected chi connectivity index (χ3v) is 5.47. The molecule has 0 unspecified atom stereocenters. The lowest BCUT2D eigenvalue weighted by molar-refractivity contribution is 0.100. The van der Waals surface area contributed by atoms with Crippen LogP contribution in [0.5, 0.6) is 5.75 Å². The van der Waals surface area contributed by atoms with Gasteiger partial charge in [0.2, 0.25) is 5.91 Å². The Morgan fingerprint density at radius 1 is 1.25 bits per heavy atom. The summed E-state index contributed by atoms with van der Waals surface area (Å²) in [6, 6.07) is 6.73. The molecule has 0 saturated carbocycles. The van der Waals surface area contributed by atoms with Gasteiger partial charge in [0.15, 0.2) is 5.75 Å². The van der Waals surface area contributed by atoms with Crippen LogP contribution in [0, 0.1) is 0 Å². The predicted molar refractivity (Wildman–Crippen MR) is 96.5 cm³/mol. The van der Waals surface area contributed by atoms with Gasteiger partial charge < -0.3 is 10.5 Å². The van der Waals surface area contributed by atoms with Gasteiger partial charge in [-0.1, -0.05) is 23.2 Å². The SMILES string of the molecule is COc1c(Br)cc(Cl)cc1S(=O)(=O)Nc1cc(C(N)=O)ccc1Cl. The summed E-state index contributed by atoms with van der Waals surface area (Å²) >= 11 is 15.1. The number of amides is 1. The number of nitrogens with two attached hydrogens (primary N) is 1. The quantitative estimate of drug-likeness (QED) is 0.721. The van der Waals surface area contributed by atoms with Crippen LogP contribution < -0.4 is 15.2 Å². The molecule has 0 fully saturated rings. The zero-order chi connectivity index (χ0) is 18.1. The summed E-state index contributed by atoms with van der Waals surface area (Å²) in [6.07, 6.45) is 0. The summed E-state index contributed by atoms with van der Waals surface area (Å²) in [7, 11) is -2.76. The van der Waals surface area contributed by atoms with E-state index in [0.717, 1.165) is 0 Å². The lowest BCUT2D eigenvalue weighted by atomic mass is 10.2. The fourth-order valence-electron chi connectivity index (χ4n) is 1.89. The maximum Gasteiger partial charge on any atom is 0.265 e. The Labute approximate surface area is 157 Å². The fraction of sp³-hybridized carbons (Fsp3) is 0.0714. The monoisotopic (exact) mass is 452 g/mol. The van der Waals surface area contributed by atoms with Gasteiger partial charge in [-0.05, 0) is 46.3 Å². The van der Waals surface area contributed by atoms with Crippen molar-refractivity contribution in [1.82, 2.24) is 0 Å². The Balaban J connectivity index is 2.54. The number of benzene rings is 2. The van der Waals surface area contributed by atoms with Gasteiger partial charge in [-0.2, -0.15) is 0 Å². The third kappa shape index (κ3) is 3.94. The fourth-order valence-corrected chi connectivity index (χ4v) is 4.57. The average molecular weight is 454 g/mol. The van der Waals surface area contributed by atoms with Crippen LogP contribution in [-0.2, 0) is 10.0 Å². The number of carbonyl (C=O) groups is 1. The highest BCUT2D eigenvalue weighted by atomic mass is 79.9. The molecule has 2 rings (SSSR count). The molecule has 128 valence electrons. The van der Waals surface area contributed by atoms with E-state index in [1.54, 1.807) is 0 Å². The first-order valence-corrected chi connectivity index (χ1v) is 9.34. The van der Waals surface area contributed by atoms with Crippen LogP contribution in [0.15, 0.2) is 39.7 Å². The molecule has 0 heterocycles. The van der Waals surface area contributed by atoms with Gasteiger partial charge in [0.25, 0.3) is 10.0 Å². The first-order valence-electron chi connectivity index (χ1n) is 6.31. The molecule has 0 aliphatic rings. The molecular weight excluding hydrogens is 443 g/mol. The second-order valence-corrected chi connectivity index (χ2v) is 7.93. The van der Waals surface area contributed by atoms with Gasteiger partial charge in [0, 0.05) is 10.6 Å². The van der Waals surface area contributed by atoms with E-state index in [4.69, 9.17) is 33.7 Å². The molecule has 0 aliphatic carbocycles. The van der Waals surface area contributed by atoms with Gasteiger partial charge in [0.05, 0.1) is 22.3 Å². The summed E-state index contributed by atoms with van der Waals surface area (Å²) in [4.78, 5) is 11.1. The molecule has 0 atom stereocenters. The van der Waals surface area contributed by atoms with Crippen molar-refractivity contribution in [2.45, 2.75) is 4.90 Å². The molecule has 2 aromatic rings. The van der Waals surface area contributed by atoms with Crippen LogP contribution in [0.2, 0.25) is 10.0 Å². The van der Waals surface area contributed by atoms with E-state index < -0.39 is 15.9 Å². The number of carbonyl (C=O) groups excluding carboxylic acids is 1. The third-order valence-electron chi connectivity index (χ3n) is 2.96. The Morgan fingerprint density at radius 3 is 2.50 bits per heavy atom. The lowest BCUT2D eigenvalue weighted by Gasteiger charge is -2.14. The Kier molecular flexibility index (Phi) is 5.64. The first-order chi connectivity index (χ1) is 11.2. The van der Waals surface area contributed by atoms with Gasteiger partial charge in [0.1, 0.15) is 4.90 Å². The maximum absolute atomic E-state index is 12.7. The number of halogens is 3. The van der Waals surface area contributed by atoms with Gasteiger partial charge >= 0.3 is 0 Å². The van der Waals surface area contributed by atoms with E-state index in [1.165, 1.54) is 37.4 Å².